The second-order valence-electron chi connectivity index (χ2n) is 4.47. The van der Waals surface area contributed by atoms with E-state index in [2.05, 4.69) is 12.1 Å². The minimum atomic E-state index is -1.21. The Hall–Kier alpha value is -1.42. The third-order valence-electron chi connectivity index (χ3n) is 3.02. The van der Waals surface area contributed by atoms with E-state index in [0.717, 1.165) is 18.4 Å². The molecule has 1 aliphatic carbocycles. The van der Waals surface area contributed by atoms with E-state index in [-0.39, 0.29) is 5.75 Å². The number of benzene rings is 1. The number of carbonyl (C=O) groups excluding carboxylic acids is 1. The molecule has 1 aliphatic rings. The average Bonchev–Trinajstić information content (AvgIpc) is 2.81. The molecule has 0 spiro atoms. The summed E-state index contributed by atoms with van der Waals surface area (Å²) in [5.41, 5.74) is 8.62. The van der Waals surface area contributed by atoms with E-state index in [1.165, 1.54) is 17.6 Å². The number of nitrogens with two attached hydrogens (primary N) is 1. The van der Waals surface area contributed by atoms with Crippen molar-refractivity contribution in [3.8, 4) is 0 Å². The third kappa shape index (κ3) is 3.29. The van der Waals surface area contributed by atoms with Crippen LogP contribution in [0, 0.1) is 0 Å². The lowest BCUT2D eigenvalue weighted by Gasteiger charge is -2.09. The third-order valence-corrected chi connectivity index (χ3v) is 4.26. The largest absolute Gasteiger partial charge is 0.369 e. The molecule has 0 aromatic heterocycles. The molecule has 1 atom stereocenters. The maximum atomic E-state index is 11.8. The molecule has 3 nitrogen and oxygen atoms in total. The van der Waals surface area contributed by atoms with E-state index >= 15 is 0 Å². The highest BCUT2D eigenvalue weighted by atomic mass is 32.2. The Morgan fingerprint density at radius 3 is 2.78 bits per heavy atom. The van der Waals surface area contributed by atoms with Crippen molar-refractivity contribution < 1.29 is 9.00 Å². The number of hydrogen-bond acceptors (Lipinski definition) is 2. The summed E-state index contributed by atoms with van der Waals surface area (Å²) in [7, 11) is -1.21. The predicted molar refractivity (Wildman–Crippen MR) is 74.2 cm³/mol. The highest BCUT2D eigenvalue weighted by Gasteiger charge is 2.13. The van der Waals surface area contributed by atoms with Crippen LogP contribution in [0.3, 0.4) is 0 Å². The molecule has 0 fully saturated rings. The van der Waals surface area contributed by atoms with Gasteiger partial charge in [-0.2, -0.15) is 0 Å². The van der Waals surface area contributed by atoms with Gasteiger partial charge in [-0.05, 0) is 36.0 Å². The van der Waals surface area contributed by atoms with Gasteiger partial charge in [-0.1, -0.05) is 30.3 Å². The predicted octanol–water partition coefficient (Wildman–Crippen LogP) is 1.99. The van der Waals surface area contributed by atoms with Crippen molar-refractivity contribution in [2.45, 2.75) is 25.0 Å². The number of allylic oxidation sites excluding steroid dienone is 2. The highest BCUT2D eigenvalue weighted by molar-refractivity contribution is 7.84. The molecule has 18 heavy (non-hydrogen) atoms. The summed E-state index contributed by atoms with van der Waals surface area (Å²) in [5.74, 6) is -0.171. The molecule has 0 aliphatic heterocycles. The molecule has 4 heteroatoms. The number of amides is 1. The van der Waals surface area contributed by atoms with Crippen molar-refractivity contribution >= 4 is 22.3 Å². The number of carbonyl (C=O) groups is 1. The Morgan fingerprint density at radius 1 is 1.33 bits per heavy atom. The van der Waals surface area contributed by atoms with Crippen molar-refractivity contribution in [3.05, 3.63) is 41.5 Å². The molecule has 1 aromatic rings. The summed E-state index contributed by atoms with van der Waals surface area (Å²) in [6, 6.07) is 7.98. The molecular formula is C14H17NO2S. The molecule has 2 rings (SSSR count). The molecule has 1 unspecified atom stereocenters. The summed E-state index contributed by atoms with van der Waals surface area (Å²) < 4.78 is 11.8. The van der Waals surface area contributed by atoms with E-state index in [9.17, 15) is 9.00 Å². The van der Waals surface area contributed by atoms with Gasteiger partial charge < -0.3 is 5.73 Å². The van der Waals surface area contributed by atoms with Crippen LogP contribution in [0.15, 0.2) is 30.3 Å². The van der Waals surface area contributed by atoms with Crippen LogP contribution in [0.2, 0.25) is 0 Å². The zero-order valence-corrected chi connectivity index (χ0v) is 11.0. The molecular weight excluding hydrogens is 246 g/mol. The van der Waals surface area contributed by atoms with Crippen molar-refractivity contribution in [3.63, 3.8) is 0 Å². The maximum absolute atomic E-state index is 11.8. The van der Waals surface area contributed by atoms with Crippen molar-refractivity contribution in [1.82, 2.24) is 0 Å². The monoisotopic (exact) mass is 263 g/mol. The Kier molecular flexibility index (Phi) is 4.31. The van der Waals surface area contributed by atoms with Crippen LogP contribution in [-0.4, -0.2) is 15.9 Å². The zero-order valence-electron chi connectivity index (χ0n) is 10.2. The number of primary amides is 1. The smallest absolute Gasteiger partial charge is 0.230 e. The highest BCUT2D eigenvalue weighted by Crippen LogP contribution is 2.30. The van der Waals surface area contributed by atoms with Crippen LogP contribution in [0.25, 0.3) is 5.57 Å². The molecule has 0 radical (unpaired) electrons. The first kappa shape index (κ1) is 13.0. The Bertz CT molecular complexity index is 508. The van der Waals surface area contributed by atoms with Gasteiger partial charge in [-0.15, -0.1) is 0 Å². The second-order valence-corrected chi connectivity index (χ2v) is 5.93. The SMILES string of the molecule is NC(=O)CS(=O)Cc1ccccc1C1=CCCC1. The van der Waals surface area contributed by atoms with Gasteiger partial charge in [-0.25, -0.2) is 0 Å². The summed E-state index contributed by atoms with van der Waals surface area (Å²) >= 11 is 0. The lowest BCUT2D eigenvalue weighted by atomic mass is 10.0. The van der Waals surface area contributed by atoms with Gasteiger partial charge in [-0.3, -0.25) is 9.00 Å². The minimum absolute atomic E-state index is 0.0621. The van der Waals surface area contributed by atoms with E-state index < -0.39 is 16.7 Å². The second kappa shape index (κ2) is 5.96. The molecule has 0 bridgehead atoms. The molecule has 0 saturated heterocycles. The first-order valence-electron chi connectivity index (χ1n) is 6.07. The van der Waals surface area contributed by atoms with Crippen LogP contribution in [0.4, 0.5) is 0 Å². The fourth-order valence-electron chi connectivity index (χ4n) is 2.26. The fourth-order valence-corrected chi connectivity index (χ4v) is 3.28. The Labute approximate surface area is 110 Å². The van der Waals surface area contributed by atoms with Gasteiger partial charge in [0.05, 0.1) is 0 Å². The van der Waals surface area contributed by atoms with Gasteiger partial charge in [0.15, 0.2) is 0 Å². The van der Waals surface area contributed by atoms with Gasteiger partial charge >= 0.3 is 0 Å². The summed E-state index contributed by atoms with van der Waals surface area (Å²) in [6.07, 6.45) is 5.64. The van der Waals surface area contributed by atoms with Crippen molar-refractivity contribution in [2.75, 3.05) is 5.75 Å². The minimum Gasteiger partial charge on any atom is -0.369 e. The van der Waals surface area contributed by atoms with Gasteiger partial charge in [0.25, 0.3) is 0 Å². The quantitative estimate of drug-likeness (QED) is 0.883. The Morgan fingerprint density at radius 2 is 2.11 bits per heavy atom. The van der Waals surface area contributed by atoms with Crippen molar-refractivity contribution in [2.24, 2.45) is 5.73 Å². The molecule has 1 aromatic carbocycles. The van der Waals surface area contributed by atoms with Crippen LogP contribution in [0.5, 0.6) is 0 Å². The molecule has 0 heterocycles. The lowest BCUT2D eigenvalue weighted by Crippen LogP contribution is -2.20. The van der Waals surface area contributed by atoms with Crippen LogP contribution in [0.1, 0.15) is 30.4 Å². The van der Waals surface area contributed by atoms with E-state index in [1.807, 2.05) is 18.2 Å². The van der Waals surface area contributed by atoms with Crippen LogP contribution >= 0.6 is 0 Å². The maximum Gasteiger partial charge on any atom is 0.230 e. The van der Waals surface area contributed by atoms with Gasteiger partial charge in [0.2, 0.25) is 5.91 Å². The van der Waals surface area contributed by atoms with Crippen LogP contribution < -0.4 is 5.73 Å². The molecule has 96 valence electrons. The van der Waals surface area contributed by atoms with Crippen LogP contribution in [-0.2, 0) is 21.3 Å². The van der Waals surface area contributed by atoms with Gasteiger partial charge in [0.1, 0.15) is 5.75 Å². The normalized spacial score (nSPS) is 16.3. The Balaban J connectivity index is 2.17. The zero-order chi connectivity index (χ0) is 13.0. The van der Waals surface area contributed by atoms with E-state index in [4.69, 9.17) is 5.73 Å². The van der Waals surface area contributed by atoms with Gasteiger partial charge in [0, 0.05) is 16.6 Å². The molecule has 1 amide bonds. The summed E-state index contributed by atoms with van der Waals surface area (Å²) in [5, 5.41) is 0. The topological polar surface area (TPSA) is 60.2 Å². The van der Waals surface area contributed by atoms with Crippen molar-refractivity contribution in [1.29, 1.82) is 0 Å². The average molecular weight is 263 g/mol. The first-order valence-corrected chi connectivity index (χ1v) is 7.56. The number of rotatable bonds is 5. The molecule has 0 saturated carbocycles. The standard InChI is InChI=1S/C14H17NO2S/c15-14(16)10-18(17)9-12-7-3-4-8-13(12)11-5-1-2-6-11/h3-5,7-8H,1-2,6,9-10H2,(H2,15,16). The van der Waals surface area contributed by atoms with E-state index in [0.29, 0.717) is 5.75 Å². The van der Waals surface area contributed by atoms with E-state index in [1.54, 1.807) is 0 Å². The first-order chi connectivity index (χ1) is 8.66. The summed E-state index contributed by atoms with van der Waals surface area (Å²) in [4.78, 5) is 10.8. The number of hydrogen-bond donors (Lipinski definition) is 1. The lowest BCUT2D eigenvalue weighted by molar-refractivity contribution is -0.115. The summed E-state index contributed by atoms with van der Waals surface area (Å²) in [6.45, 7) is 0. The fraction of sp³-hybridized carbons (Fsp3) is 0.357. The molecule has 2 N–H and O–H groups in total.